The van der Waals surface area contributed by atoms with E-state index in [2.05, 4.69) is 0 Å². The summed E-state index contributed by atoms with van der Waals surface area (Å²) in [4.78, 5) is 13.9. The number of hydrogen-bond acceptors (Lipinski definition) is 2. The number of para-hydroxylation sites is 1. The zero-order valence-corrected chi connectivity index (χ0v) is 11.9. The average Bonchev–Trinajstić information content (AvgIpc) is 2.47. The van der Waals surface area contributed by atoms with Gasteiger partial charge in [-0.25, -0.2) is 0 Å². The van der Waals surface area contributed by atoms with Gasteiger partial charge in [0, 0.05) is 12.6 Å². The first-order valence-corrected chi connectivity index (χ1v) is 6.67. The van der Waals surface area contributed by atoms with E-state index in [-0.39, 0.29) is 5.91 Å². The molecule has 0 atom stereocenters. The fourth-order valence-electron chi connectivity index (χ4n) is 1.92. The van der Waals surface area contributed by atoms with Gasteiger partial charge in [0.2, 0.25) is 0 Å². The molecule has 0 aliphatic heterocycles. The molecule has 1 amide bonds. The molecular weight excluding hydrogens is 250 g/mol. The Morgan fingerprint density at radius 1 is 1.10 bits per heavy atom. The summed E-state index contributed by atoms with van der Waals surface area (Å²) >= 11 is 0. The van der Waals surface area contributed by atoms with Crippen LogP contribution in [0.5, 0.6) is 5.75 Å². The van der Waals surface area contributed by atoms with Crippen molar-refractivity contribution in [1.82, 2.24) is 4.90 Å². The Morgan fingerprint density at radius 2 is 1.85 bits per heavy atom. The number of hydrogen-bond donors (Lipinski definition) is 0. The van der Waals surface area contributed by atoms with Crippen LogP contribution in [0.15, 0.2) is 54.6 Å². The van der Waals surface area contributed by atoms with Gasteiger partial charge < -0.3 is 9.64 Å². The van der Waals surface area contributed by atoms with E-state index in [0.717, 1.165) is 11.3 Å². The highest BCUT2D eigenvalue weighted by atomic mass is 16.5. The van der Waals surface area contributed by atoms with Gasteiger partial charge in [-0.2, -0.15) is 0 Å². The first-order valence-electron chi connectivity index (χ1n) is 6.67. The van der Waals surface area contributed by atoms with Crippen molar-refractivity contribution < 1.29 is 9.53 Å². The lowest BCUT2D eigenvalue weighted by Gasteiger charge is -2.17. The number of rotatable bonds is 5. The number of benzene rings is 2. The van der Waals surface area contributed by atoms with E-state index in [1.54, 1.807) is 11.9 Å². The van der Waals surface area contributed by atoms with Crippen molar-refractivity contribution in [2.75, 3.05) is 20.2 Å². The van der Waals surface area contributed by atoms with E-state index in [4.69, 9.17) is 4.74 Å². The van der Waals surface area contributed by atoms with Crippen molar-refractivity contribution in [3.05, 3.63) is 65.7 Å². The number of likely N-dealkylation sites (N-methyl/N-ethyl adjacent to an activating group) is 1. The van der Waals surface area contributed by atoms with Crippen LogP contribution in [-0.4, -0.2) is 31.0 Å². The maximum atomic E-state index is 12.2. The number of ether oxygens (including phenoxy) is 1. The fourth-order valence-corrected chi connectivity index (χ4v) is 1.92. The van der Waals surface area contributed by atoms with Gasteiger partial charge in [0.15, 0.2) is 0 Å². The molecule has 0 saturated heterocycles. The zero-order valence-electron chi connectivity index (χ0n) is 11.9. The first kappa shape index (κ1) is 14.1. The van der Waals surface area contributed by atoms with Crippen LogP contribution in [0.25, 0.3) is 0 Å². The molecule has 0 aromatic heterocycles. The Balaban J connectivity index is 1.85. The maximum absolute atomic E-state index is 12.2. The molecule has 104 valence electrons. The average molecular weight is 269 g/mol. The smallest absolute Gasteiger partial charge is 0.253 e. The van der Waals surface area contributed by atoms with Gasteiger partial charge in [0.1, 0.15) is 12.4 Å². The Morgan fingerprint density at radius 3 is 2.55 bits per heavy atom. The minimum Gasteiger partial charge on any atom is -0.492 e. The van der Waals surface area contributed by atoms with Crippen molar-refractivity contribution >= 4 is 5.91 Å². The van der Waals surface area contributed by atoms with Crippen molar-refractivity contribution in [3.8, 4) is 5.75 Å². The van der Waals surface area contributed by atoms with Crippen molar-refractivity contribution in [1.29, 1.82) is 0 Å². The normalized spacial score (nSPS) is 10.1. The second-order valence-electron chi connectivity index (χ2n) is 4.76. The van der Waals surface area contributed by atoms with Gasteiger partial charge in [-0.15, -0.1) is 0 Å². The largest absolute Gasteiger partial charge is 0.492 e. The molecule has 0 N–H and O–H groups in total. The van der Waals surface area contributed by atoms with Gasteiger partial charge in [0.05, 0.1) is 6.54 Å². The molecule has 0 aliphatic carbocycles. The van der Waals surface area contributed by atoms with Crippen molar-refractivity contribution in [2.45, 2.75) is 6.92 Å². The van der Waals surface area contributed by atoms with Gasteiger partial charge in [0.25, 0.3) is 5.91 Å². The van der Waals surface area contributed by atoms with E-state index in [9.17, 15) is 4.79 Å². The standard InChI is InChI=1S/C17H19NO2/c1-14-7-6-8-15(13-14)17(19)18(2)11-12-20-16-9-4-3-5-10-16/h3-10,13H,11-12H2,1-2H3. The van der Waals surface area contributed by atoms with Crippen LogP contribution in [0.1, 0.15) is 15.9 Å². The Labute approximate surface area is 119 Å². The number of amides is 1. The third kappa shape index (κ3) is 3.85. The molecule has 2 aromatic rings. The Bertz CT molecular complexity index is 566. The monoisotopic (exact) mass is 269 g/mol. The quantitative estimate of drug-likeness (QED) is 0.834. The summed E-state index contributed by atoms with van der Waals surface area (Å²) in [5, 5.41) is 0. The SMILES string of the molecule is Cc1cccc(C(=O)N(C)CCOc2ccccc2)c1. The van der Waals surface area contributed by atoms with Gasteiger partial charge in [-0.05, 0) is 31.2 Å². The van der Waals surface area contributed by atoms with E-state index in [1.165, 1.54) is 0 Å². The number of carbonyl (C=O) groups is 1. The van der Waals surface area contributed by atoms with Crippen LogP contribution in [0.4, 0.5) is 0 Å². The molecule has 0 spiro atoms. The summed E-state index contributed by atoms with van der Waals surface area (Å²) in [5.41, 5.74) is 1.80. The number of carbonyl (C=O) groups excluding carboxylic acids is 1. The van der Waals surface area contributed by atoms with E-state index >= 15 is 0 Å². The van der Waals surface area contributed by atoms with E-state index < -0.39 is 0 Å². The van der Waals surface area contributed by atoms with Crippen LogP contribution in [0.3, 0.4) is 0 Å². The van der Waals surface area contributed by atoms with Crippen LogP contribution < -0.4 is 4.74 Å². The minimum absolute atomic E-state index is 0.0189. The molecule has 0 heterocycles. The highest BCUT2D eigenvalue weighted by Gasteiger charge is 2.11. The summed E-state index contributed by atoms with van der Waals surface area (Å²) < 4.78 is 5.59. The second-order valence-corrected chi connectivity index (χ2v) is 4.76. The second kappa shape index (κ2) is 6.75. The lowest BCUT2D eigenvalue weighted by molar-refractivity contribution is 0.0773. The molecule has 0 saturated carbocycles. The molecule has 3 nitrogen and oxygen atoms in total. The summed E-state index contributed by atoms with van der Waals surface area (Å²) in [6.07, 6.45) is 0. The first-order chi connectivity index (χ1) is 9.66. The topological polar surface area (TPSA) is 29.5 Å². The zero-order chi connectivity index (χ0) is 14.4. The van der Waals surface area contributed by atoms with E-state index in [0.29, 0.717) is 18.7 Å². The lowest BCUT2D eigenvalue weighted by atomic mass is 10.1. The Hall–Kier alpha value is -2.29. The number of aryl methyl sites for hydroxylation is 1. The van der Waals surface area contributed by atoms with Crippen LogP contribution in [-0.2, 0) is 0 Å². The minimum atomic E-state index is 0.0189. The van der Waals surface area contributed by atoms with Crippen molar-refractivity contribution in [3.63, 3.8) is 0 Å². The molecule has 0 bridgehead atoms. The summed E-state index contributed by atoms with van der Waals surface area (Å²) in [6.45, 7) is 3.02. The summed E-state index contributed by atoms with van der Waals surface area (Å²) in [6, 6.07) is 17.2. The number of nitrogens with zero attached hydrogens (tertiary/aromatic N) is 1. The van der Waals surface area contributed by atoms with Crippen LogP contribution >= 0.6 is 0 Å². The molecule has 0 unspecified atom stereocenters. The Kier molecular flexibility index (Phi) is 4.77. The van der Waals surface area contributed by atoms with Gasteiger partial charge in [-0.1, -0.05) is 35.9 Å². The molecule has 2 rings (SSSR count). The van der Waals surface area contributed by atoms with Gasteiger partial charge in [-0.3, -0.25) is 4.79 Å². The lowest BCUT2D eigenvalue weighted by Crippen LogP contribution is -2.30. The summed E-state index contributed by atoms with van der Waals surface area (Å²) in [5.74, 6) is 0.842. The molecule has 0 aliphatic rings. The van der Waals surface area contributed by atoms with E-state index in [1.807, 2.05) is 61.5 Å². The highest BCUT2D eigenvalue weighted by Crippen LogP contribution is 2.09. The third-order valence-corrected chi connectivity index (χ3v) is 3.05. The third-order valence-electron chi connectivity index (χ3n) is 3.05. The molecular formula is C17H19NO2. The van der Waals surface area contributed by atoms with Crippen LogP contribution in [0.2, 0.25) is 0 Å². The van der Waals surface area contributed by atoms with Gasteiger partial charge >= 0.3 is 0 Å². The van der Waals surface area contributed by atoms with Crippen LogP contribution in [0, 0.1) is 6.92 Å². The summed E-state index contributed by atoms with van der Waals surface area (Å²) in [7, 11) is 1.79. The fraction of sp³-hybridized carbons (Fsp3) is 0.235. The maximum Gasteiger partial charge on any atom is 0.253 e. The van der Waals surface area contributed by atoms with Crippen molar-refractivity contribution in [2.24, 2.45) is 0 Å². The predicted molar refractivity (Wildman–Crippen MR) is 80.1 cm³/mol. The molecule has 3 heteroatoms. The molecule has 0 radical (unpaired) electrons. The highest BCUT2D eigenvalue weighted by molar-refractivity contribution is 5.94. The predicted octanol–water partition coefficient (Wildman–Crippen LogP) is 3.15. The molecule has 2 aromatic carbocycles. The molecule has 0 fully saturated rings. The molecule has 20 heavy (non-hydrogen) atoms.